The Morgan fingerprint density at radius 1 is 1.17 bits per heavy atom. The Kier molecular flexibility index (Phi) is 5.67. The van der Waals surface area contributed by atoms with Crippen LogP contribution in [0.5, 0.6) is 5.75 Å². The van der Waals surface area contributed by atoms with Crippen LogP contribution < -0.4 is 10.5 Å². The molecule has 18 heavy (non-hydrogen) atoms. The fourth-order valence-electron chi connectivity index (χ4n) is 2.35. The lowest BCUT2D eigenvalue weighted by atomic mass is 9.87. The summed E-state index contributed by atoms with van der Waals surface area (Å²) in [5, 5.41) is 0. The van der Waals surface area contributed by atoms with Crippen LogP contribution in [-0.4, -0.2) is 13.7 Å². The first-order chi connectivity index (χ1) is 8.49. The van der Waals surface area contributed by atoms with Crippen molar-refractivity contribution in [2.24, 2.45) is 11.7 Å². The molecule has 1 rings (SSSR count). The van der Waals surface area contributed by atoms with Crippen molar-refractivity contribution < 1.29 is 4.74 Å². The highest BCUT2D eigenvalue weighted by atomic mass is 16.5. The van der Waals surface area contributed by atoms with Crippen LogP contribution in [0.25, 0.3) is 0 Å². The largest absolute Gasteiger partial charge is 0.496 e. The number of rotatable bonds is 6. The molecule has 1 unspecified atom stereocenters. The van der Waals surface area contributed by atoms with Gasteiger partial charge in [-0.1, -0.05) is 39.8 Å². The molecular formula is C16H27NO. The maximum Gasteiger partial charge on any atom is 0.122 e. The lowest BCUT2D eigenvalue weighted by molar-refractivity contribution is 0.398. The molecule has 0 heterocycles. The van der Waals surface area contributed by atoms with Gasteiger partial charge in [-0.05, 0) is 42.0 Å². The molecule has 0 fully saturated rings. The Balaban J connectivity index is 3.12. The van der Waals surface area contributed by atoms with E-state index in [0.29, 0.717) is 24.3 Å². The van der Waals surface area contributed by atoms with Crippen molar-refractivity contribution in [2.45, 2.75) is 46.0 Å². The van der Waals surface area contributed by atoms with Crippen LogP contribution >= 0.6 is 0 Å². The highest BCUT2D eigenvalue weighted by molar-refractivity contribution is 5.41. The molecule has 0 radical (unpaired) electrons. The number of hydrogen-bond acceptors (Lipinski definition) is 2. The van der Waals surface area contributed by atoms with Crippen molar-refractivity contribution in [3.8, 4) is 5.75 Å². The molecule has 1 atom stereocenters. The summed E-state index contributed by atoms with van der Waals surface area (Å²) in [4.78, 5) is 0. The minimum atomic E-state index is 0.388. The first-order valence-electron chi connectivity index (χ1n) is 6.87. The molecule has 1 aromatic carbocycles. The van der Waals surface area contributed by atoms with Crippen LogP contribution in [0, 0.1) is 5.92 Å². The van der Waals surface area contributed by atoms with E-state index in [0.717, 1.165) is 12.2 Å². The summed E-state index contributed by atoms with van der Waals surface area (Å²) >= 11 is 0. The maximum atomic E-state index is 5.95. The molecule has 0 amide bonds. The van der Waals surface area contributed by atoms with Crippen molar-refractivity contribution in [1.82, 2.24) is 0 Å². The zero-order chi connectivity index (χ0) is 13.7. The molecule has 0 spiro atoms. The predicted molar refractivity (Wildman–Crippen MR) is 78.3 cm³/mol. The van der Waals surface area contributed by atoms with Gasteiger partial charge in [-0.25, -0.2) is 0 Å². The van der Waals surface area contributed by atoms with Gasteiger partial charge in [0.05, 0.1) is 7.11 Å². The third-order valence-electron chi connectivity index (χ3n) is 3.40. The van der Waals surface area contributed by atoms with E-state index in [2.05, 4.69) is 45.9 Å². The van der Waals surface area contributed by atoms with Crippen molar-refractivity contribution in [2.75, 3.05) is 13.7 Å². The quantitative estimate of drug-likeness (QED) is 0.829. The second-order valence-electron chi connectivity index (χ2n) is 5.72. The summed E-state index contributed by atoms with van der Waals surface area (Å²) in [5.41, 5.74) is 8.57. The fraction of sp³-hybridized carbons (Fsp3) is 0.625. The van der Waals surface area contributed by atoms with E-state index < -0.39 is 0 Å². The lowest BCUT2D eigenvalue weighted by Gasteiger charge is -2.21. The minimum absolute atomic E-state index is 0.388. The van der Waals surface area contributed by atoms with Gasteiger partial charge in [0.1, 0.15) is 5.75 Å². The normalized spacial score (nSPS) is 13.1. The molecule has 2 N–H and O–H groups in total. The topological polar surface area (TPSA) is 35.2 Å². The summed E-state index contributed by atoms with van der Waals surface area (Å²) in [5.74, 6) is 2.53. The highest BCUT2D eigenvalue weighted by Gasteiger charge is 2.17. The van der Waals surface area contributed by atoms with E-state index in [1.807, 2.05) is 0 Å². The van der Waals surface area contributed by atoms with Gasteiger partial charge in [-0.3, -0.25) is 0 Å². The van der Waals surface area contributed by atoms with E-state index in [1.54, 1.807) is 7.11 Å². The summed E-state index contributed by atoms with van der Waals surface area (Å²) in [7, 11) is 1.73. The molecule has 102 valence electrons. The summed E-state index contributed by atoms with van der Waals surface area (Å²) in [6.07, 6.45) is 1.11. The Bertz CT molecular complexity index is 371. The lowest BCUT2D eigenvalue weighted by Crippen LogP contribution is -2.16. The molecule has 2 nitrogen and oxygen atoms in total. The zero-order valence-corrected chi connectivity index (χ0v) is 12.4. The van der Waals surface area contributed by atoms with Gasteiger partial charge in [0, 0.05) is 5.92 Å². The molecule has 0 aliphatic rings. The average Bonchev–Trinajstić information content (AvgIpc) is 2.34. The Labute approximate surface area is 112 Å². The standard InChI is InChI=1S/C16H27NO/c1-11(2)8-14(10-17)15-9-13(12(3)4)6-7-16(15)18-5/h6-7,9,11-12,14H,8,10,17H2,1-5H3. The molecule has 0 saturated heterocycles. The number of ether oxygens (including phenoxy) is 1. The van der Waals surface area contributed by atoms with Crippen molar-refractivity contribution in [3.05, 3.63) is 29.3 Å². The smallest absolute Gasteiger partial charge is 0.122 e. The Hall–Kier alpha value is -1.02. The molecule has 0 aliphatic carbocycles. The van der Waals surface area contributed by atoms with Crippen LogP contribution in [0.2, 0.25) is 0 Å². The summed E-state index contributed by atoms with van der Waals surface area (Å²) < 4.78 is 5.49. The van der Waals surface area contributed by atoms with Gasteiger partial charge in [0.2, 0.25) is 0 Å². The maximum absolute atomic E-state index is 5.95. The van der Waals surface area contributed by atoms with Crippen LogP contribution in [-0.2, 0) is 0 Å². The molecule has 0 saturated carbocycles. The van der Waals surface area contributed by atoms with E-state index in [4.69, 9.17) is 10.5 Å². The molecule has 0 bridgehead atoms. The molecule has 1 aromatic rings. The number of benzene rings is 1. The number of nitrogens with two attached hydrogens (primary N) is 1. The first-order valence-corrected chi connectivity index (χ1v) is 6.87. The zero-order valence-electron chi connectivity index (χ0n) is 12.4. The van der Waals surface area contributed by atoms with Gasteiger partial charge in [-0.15, -0.1) is 0 Å². The first kappa shape index (κ1) is 15.0. The molecule has 0 aliphatic heterocycles. The summed E-state index contributed by atoms with van der Waals surface area (Å²) in [6, 6.07) is 6.49. The molecule has 0 aromatic heterocycles. The predicted octanol–water partition coefficient (Wildman–Crippen LogP) is 3.91. The Morgan fingerprint density at radius 2 is 1.83 bits per heavy atom. The second kappa shape index (κ2) is 6.79. The van der Waals surface area contributed by atoms with E-state index in [9.17, 15) is 0 Å². The van der Waals surface area contributed by atoms with Gasteiger partial charge < -0.3 is 10.5 Å². The van der Waals surface area contributed by atoms with Crippen molar-refractivity contribution in [3.63, 3.8) is 0 Å². The highest BCUT2D eigenvalue weighted by Crippen LogP contribution is 2.33. The minimum Gasteiger partial charge on any atom is -0.496 e. The third kappa shape index (κ3) is 3.74. The molecule has 2 heteroatoms. The van der Waals surface area contributed by atoms with E-state index >= 15 is 0 Å². The fourth-order valence-corrected chi connectivity index (χ4v) is 2.35. The van der Waals surface area contributed by atoms with Gasteiger partial charge >= 0.3 is 0 Å². The Morgan fingerprint density at radius 3 is 2.28 bits per heavy atom. The van der Waals surface area contributed by atoms with E-state index in [1.165, 1.54) is 11.1 Å². The van der Waals surface area contributed by atoms with Crippen LogP contribution in [0.15, 0.2) is 18.2 Å². The van der Waals surface area contributed by atoms with Crippen LogP contribution in [0.4, 0.5) is 0 Å². The average molecular weight is 249 g/mol. The van der Waals surface area contributed by atoms with Gasteiger partial charge in [0.25, 0.3) is 0 Å². The van der Waals surface area contributed by atoms with Crippen LogP contribution in [0.3, 0.4) is 0 Å². The third-order valence-corrected chi connectivity index (χ3v) is 3.40. The monoisotopic (exact) mass is 249 g/mol. The SMILES string of the molecule is COc1ccc(C(C)C)cc1C(CN)CC(C)C. The number of hydrogen-bond donors (Lipinski definition) is 1. The van der Waals surface area contributed by atoms with Gasteiger partial charge in [-0.2, -0.15) is 0 Å². The summed E-state index contributed by atoms with van der Waals surface area (Å²) in [6.45, 7) is 9.58. The van der Waals surface area contributed by atoms with Crippen molar-refractivity contribution >= 4 is 0 Å². The van der Waals surface area contributed by atoms with Gasteiger partial charge in [0.15, 0.2) is 0 Å². The van der Waals surface area contributed by atoms with E-state index in [-0.39, 0.29) is 0 Å². The molecular weight excluding hydrogens is 222 g/mol. The van der Waals surface area contributed by atoms with Crippen molar-refractivity contribution in [1.29, 1.82) is 0 Å². The second-order valence-corrected chi connectivity index (χ2v) is 5.72. The number of methoxy groups -OCH3 is 1. The van der Waals surface area contributed by atoms with Crippen LogP contribution in [0.1, 0.15) is 57.1 Å².